The molecular formula is C13H15FN2O5. The van der Waals surface area contributed by atoms with Crippen LogP contribution in [-0.4, -0.2) is 41.8 Å². The number of aliphatic carboxylic acids is 1. The summed E-state index contributed by atoms with van der Waals surface area (Å²) in [5.41, 5.74) is -0.279. The maximum absolute atomic E-state index is 13.6. The number of anilines is 1. The first-order valence-corrected chi connectivity index (χ1v) is 6.50. The summed E-state index contributed by atoms with van der Waals surface area (Å²) in [5, 5.41) is 19.5. The predicted octanol–water partition coefficient (Wildman–Crippen LogP) is 1.80. The van der Waals surface area contributed by atoms with Crippen LogP contribution in [0.15, 0.2) is 18.2 Å². The summed E-state index contributed by atoms with van der Waals surface area (Å²) in [5.74, 6) is -1.89. The van der Waals surface area contributed by atoms with Gasteiger partial charge in [-0.05, 0) is 25.0 Å². The van der Waals surface area contributed by atoms with Gasteiger partial charge in [-0.1, -0.05) is 6.07 Å². The number of ether oxygens (including phenoxy) is 1. The van der Waals surface area contributed by atoms with Gasteiger partial charge in [0.05, 0.1) is 11.0 Å². The van der Waals surface area contributed by atoms with Gasteiger partial charge in [0.1, 0.15) is 12.3 Å². The molecule has 1 fully saturated rings. The molecule has 0 saturated carbocycles. The molecule has 0 radical (unpaired) electrons. The van der Waals surface area contributed by atoms with Crippen LogP contribution in [0.4, 0.5) is 15.8 Å². The molecule has 1 aliphatic heterocycles. The number of hydrogen-bond acceptors (Lipinski definition) is 5. The van der Waals surface area contributed by atoms with Gasteiger partial charge < -0.3 is 14.7 Å². The van der Waals surface area contributed by atoms with E-state index in [1.165, 1.54) is 12.1 Å². The normalized spacial score (nSPS) is 16.0. The summed E-state index contributed by atoms with van der Waals surface area (Å²) in [6.45, 7) is 0.550. The summed E-state index contributed by atoms with van der Waals surface area (Å²) in [6, 6.07) is 4.01. The Morgan fingerprint density at radius 2 is 2.14 bits per heavy atom. The second-order valence-corrected chi connectivity index (χ2v) is 4.76. The molecule has 21 heavy (non-hydrogen) atoms. The highest BCUT2D eigenvalue weighted by atomic mass is 19.1. The molecule has 0 unspecified atom stereocenters. The van der Waals surface area contributed by atoms with Gasteiger partial charge in [0, 0.05) is 13.1 Å². The lowest BCUT2D eigenvalue weighted by molar-refractivity contribution is -0.386. The minimum Gasteiger partial charge on any atom is -0.480 e. The van der Waals surface area contributed by atoms with Gasteiger partial charge in [-0.25, -0.2) is 4.79 Å². The molecule has 0 spiro atoms. The standard InChI is InChI=1S/C13H15FN2O5/c14-10-2-1-3-11(13(10)16(19)20)15-6-4-9(5-7-15)21-8-12(17)18/h1-3,9H,4-8H2,(H,17,18). The molecule has 7 nitrogen and oxygen atoms in total. The smallest absolute Gasteiger partial charge is 0.329 e. The first-order valence-electron chi connectivity index (χ1n) is 6.50. The molecule has 2 rings (SSSR count). The molecule has 1 aromatic rings. The van der Waals surface area contributed by atoms with E-state index < -0.39 is 22.4 Å². The highest BCUT2D eigenvalue weighted by molar-refractivity contribution is 5.68. The highest BCUT2D eigenvalue weighted by Crippen LogP contribution is 2.32. The monoisotopic (exact) mass is 298 g/mol. The lowest BCUT2D eigenvalue weighted by atomic mass is 10.1. The quantitative estimate of drug-likeness (QED) is 0.658. The van der Waals surface area contributed by atoms with Crippen molar-refractivity contribution < 1.29 is 24.0 Å². The lowest BCUT2D eigenvalue weighted by Gasteiger charge is -2.32. The Labute approximate surface area is 120 Å². The van der Waals surface area contributed by atoms with Crippen LogP contribution in [0.3, 0.4) is 0 Å². The molecule has 0 aromatic heterocycles. The lowest BCUT2D eigenvalue weighted by Crippen LogP contribution is -2.38. The van der Waals surface area contributed by atoms with Crippen molar-refractivity contribution in [3.63, 3.8) is 0 Å². The number of rotatable bonds is 5. The number of nitro benzene ring substituents is 1. The van der Waals surface area contributed by atoms with Crippen molar-refractivity contribution in [1.82, 2.24) is 0 Å². The van der Waals surface area contributed by atoms with Crippen molar-refractivity contribution in [2.45, 2.75) is 18.9 Å². The minimum atomic E-state index is -1.03. The molecule has 0 bridgehead atoms. The first-order chi connectivity index (χ1) is 9.99. The maximum atomic E-state index is 13.6. The summed E-state index contributed by atoms with van der Waals surface area (Å²) >= 11 is 0. The van der Waals surface area contributed by atoms with E-state index in [1.807, 2.05) is 0 Å². The molecule has 1 saturated heterocycles. The number of hydrogen-bond donors (Lipinski definition) is 1. The third kappa shape index (κ3) is 3.66. The van der Waals surface area contributed by atoms with E-state index in [1.54, 1.807) is 4.90 Å². The van der Waals surface area contributed by atoms with E-state index in [9.17, 15) is 19.3 Å². The number of nitrogens with zero attached hydrogens (tertiary/aromatic N) is 2. The van der Waals surface area contributed by atoms with E-state index in [4.69, 9.17) is 9.84 Å². The van der Waals surface area contributed by atoms with Crippen molar-refractivity contribution in [3.05, 3.63) is 34.1 Å². The first kappa shape index (κ1) is 15.2. The molecule has 1 N–H and O–H groups in total. The Kier molecular flexibility index (Phi) is 4.69. The van der Waals surface area contributed by atoms with Gasteiger partial charge >= 0.3 is 11.7 Å². The summed E-state index contributed by atoms with van der Waals surface area (Å²) < 4.78 is 18.8. The number of piperidine rings is 1. The zero-order chi connectivity index (χ0) is 15.4. The Balaban J connectivity index is 2.04. The van der Waals surface area contributed by atoms with Crippen LogP contribution in [0.1, 0.15) is 12.8 Å². The van der Waals surface area contributed by atoms with E-state index >= 15 is 0 Å². The van der Waals surface area contributed by atoms with Crippen molar-refractivity contribution in [3.8, 4) is 0 Å². The van der Waals surface area contributed by atoms with E-state index in [0.29, 0.717) is 25.9 Å². The third-order valence-electron chi connectivity index (χ3n) is 3.37. The van der Waals surface area contributed by atoms with Crippen LogP contribution in [-0.2, 0) is 9.53 Å². The third-order valence-corrected chi connectivity index (χ3v) is 3.37. The molecule has 8 heteroatoms. The molecule has 1 heterocycles. The SMILES string of the molecule is O=C(O)COC1CCN(c2cccc(F)c2[N+](=O)[O-])CC1. The van der Waals surface area contributed by atoms with Gasteiger partial charge in [-0.2, -0.15) is 4.39 Å². The second-order valence-electron chi connectivity index (χ2n) is 4.76. The number of carbonyl (C=O) groups is 1. The Morgan fingerprint density at radius 1 is 1.48 bits per heavy atom. The maximum Gasteiger partial charge on any atom is 0.329 e. The van der Waals surface area contributed by atoms with E-state index in [0.717, 1.165) is 6.07 Å². The van der Waals surface area contributed by atoms with E-state index in [-0.39, 0.29) is 18.4 Å². The Bertz CT molecular complexity index is 543. The molecule has 1 aromatic carbocycles. The number of benzene rings is 1. The molecule has 0 atom stereocenters. The molecule has 1 aliphatic rings. The van der Waals surface area contributed by atoms with Gasteiger partial charge in [-0.15, -0.1) is 0 Å². The van der Waals surface area contributed by atoms with Gasteiger partial charge in [0.25, 0.3) is 0 Å². The van der Waals surface area contributed by atoms with Gasteiger partial charge in [0.15, 0.2) is 0 Å². The fraction of sp³-hybridized carbons (Fsp3) is 0.462. The van der Waals surface area contributed by atoms with Crippen molar-refractivity contribution >= 4 is 17.3 Å². The fourth-order valence-electron chi connectivity index (χ4n) is 2.39. The average molecular weight is 298 g/mol. The largest absolute Gasteiger partial charge is 0.480 e. The molecule has 0 amide bonds. The van der Waals surface area contributed by atoms with E-state index in [2.05, 4.69) is 0 Å². The number of carboxylic acids is 1. The molecule has 114 valence electrons. The summed E-state index contributed by atoms with van der Waals surface area (Å²) in [6.07, 6.45) is 0.895. The van der Waals surface area contributed by atoms with Crippen LogP contribution < -0.4 is 4.90 Å². The number of halogens is 1. The minimum absolute atomic E-state index is 0.190. The Hall–Kier alpha value is -2.22. The van der Waals surface area contributed by atoms with Crippen LogP contribution in [0.5, 0.6) is 0 Å². The van der Waals surface area contributed by atoms with Crippen molar-refractivity contribution in [2.75, 3.05) is 24.6 Å². The molecule has 0 aliphatic carbocycles. The average Bonchev–Trinajstić information content (AvgIpc) is 2.45. The van der Waals surface area contributed by atoms with Crippen LogP contribution in [0, 0.1) is 15.9 Å². The summed E-state index contributed by atoms with van der Waals surface area (Å²) in [7, 11) is 0. The fourth-order valence-corrected chi connectivity index (χ4v) is 2.39. The predicted molar refractivity (Wildman–Crippen MR) is 71.9 cm³/mol. The van der Waals surface area contributed by atoms with Gasteiger partial charge in [0.2, 0.25) is 5.82 Å². The topological polar surface area (TPSA) is 92.9 Å². The number of carboxylic acid groups (broad SMARTS) is 1. The van der Waals surface area contributed by atoms with Crippen molar-refractivity contribution in [2.24, 2.45) is 0 Å². The van der Waals surface area contributed by atoms with Crippen LogP contribution in [0.25, 0.3) is 0 Å². The molecular weight excluding hydrogens is 283 g/mol. The van der Waals surface area contributed by atoms with Crippen LogP contribution in [0.2, 0.25) is 0 Å². The Morgan fingerprint density at radius 3 is 2.71 bits per heavy atom. The zero-order valence-corrected chi connectivity index (χ0v) is 11.2. The van der Waals surface area contributed by atoms with Crippen molar-refractivity contribution in [1.29, 1.82) is 0 Å². The number of nitro groups is 1. The number of para-hydroxylation sites is 1. The zero-order valence-electron chi connectivity index (χ0n) is 11.2. The second kappa shape index (κ2) is 6.49. The highest BCUT2D eigenvalue weighted by Gasteiger charge is 2.27. The summed E-state index contributed by atoms with van der Waals surface area (Å²) in [4.78, 5) is 22.4. The van der Waals surface area contributed by atoms with Crippen LogP contribution >= 0.6 is 0 Å². The van der Waals surface area contributed by atoms with Gasteiger partial charge in [-0.3, -0.25) is 10.1 Å².